The van der Waals surface area contributed by atoms with Gasteiger partial charge < -0.3 is 9.84 Å². The molecule has 1 N–H and O–H groups in total. The molecule has 0 saturated carbocycles. The molecular formula is C27H22ClFN4O2. The highest BCUT2D eigenvalue weighted by atomic mass is 35.5. The molecule has 1 aliphatic rings. The third-order valence-corrected chi connectivity index (χ3v) is 6.30. The first-order chi connectivity index (χ1) is 16.9. The summed E-state index contributed by atoms with van der Waals surface area (Å²) in [6.07, 6.45) is 0. The number of allylic oxidation sites excluding steroid dienone is 1. The fraction of sp³-hybridized carbons (Fsp3) is 0.148. The monoisotopic (exact) mass is 488 g/mol. The zero-order valence-electron chi connectivity index (χ0n) is 19.1. The number of hydrogen-bond acceptors (Lipinski definition) is 4. The second kappa shape index (κ2) is 9.35. The van der Waals surface area contributed by atoms with Crippen LogP contribution in [0.25, 0.3) is 17.0 Å². The minimum atomic E-state index is -0.515. The molecule has 2 heterocycles. The molecule has 1 aliphatic heterocycles. The van der Waals surface area contributed by atoms with E-state index >= 15 is 0 Å². The molecule has 4 aromatic rings. The number of carbonyl (C=O) groups is 1. The van der Waals surface area contributed by atoms with Gasteiger partial charge in [-0.25, -0.2) is 9.18 Å². The predicted molar refractivity (Wildman–Crippen MR) is 132 cm³/mol. The smallest absolute Gasteiger partial charge is 0.322 e. The van der Waals surface area contributed by atoms with Crippen LogP contribution in [0.15, 0.2) is 83.0 Å². The standard InChI is InChI=1S/C27H22ClFN4O2/c1-16-7-9-18(10-8-16)24-23(26-31-25(32-35-26)19-11-13-21(28)14-12-19)17(2)33(27(34)30-24)15-20-5-3-4-6-22(20)29/h3-14,24H,15H2,1-2H3,(H,30,34). The molecule has 5 rings (SSSR count). The van der Waals surface area contributed by atoms with Crippen LogP contribution >= 0.6 is 11.6 Å². The van der Waals surface area contributed by atoms with Crippen LogP contribution in [0.5, 0.6) is 0 Å². The maximum atomic E-state index is 14.4. The van der Waals surface area contributed by atoms with Crippen LogP contribution in [0.1, 0.15) is 35.5 Å². The number of carbonyl (C=O) groups excluding carboxylic acids is 1. The maximum absolute atomic E-state index is 14.4. The van der Waals surface area contributed by atoms with Crippen LogP contribution in [0.4, 0.5) is 9.18 Å². The van der Waals surface area contributed by atoms with Gasteiger partial charge in [-0.3, -0.25) is 4.90 Å². The van der Waals surface area contributed by atoms with Crippen molar-refractivity contribution in [2.75, 3.05) is 0 Å². The van der Waals surface area contributed by atoms with Crippen molar-refractivity contribution in [3.05, 3.63) is 112 Å². The molecule has 1 unspecified atom stereocenters. The molecule has 0 fully saturated rings. The molecule has 0 saturated heterocycles. The number of benzene rings is 3. The number of aryl methyl sites for hydroxylation is 1. The van der Waals surface area contributed by atoms with E-state index in [-0.39, 0.29) is 24.3 Å². The molecule has 8 heteroatoms. The van der Waals surface area contributed by atoms with E-state index in [2.05, 4.69) is 15.5 Å². The van der Waals surface area contributed by atoms with Gasteiger partial charge in [0.25, 0.3) is 5.89 Å². The van der Waals surface area contributed by atoms with Crippen LogP contribution in [0, 0.1) is 12.7 Å². The fourth-order valence-corrected chi connectivity index (χ4v) is 4.23. The lowest BCUT2D eigenvalue weighted by Gasteiger charge is -2.35. The number of nitrogens with zero attached hydrogens (tertiary/aromatic N) is 3. The second-order valence-electron chi connectivity index (χ2n) is 8.40. The molecular weight excluding hydrogens is 467 g/mol. The van der Waals surface area contributed by atoms with Gasteiger partial charge in [-0.15, -0.1) is 0 Å². The Hall–Kier alpha value is -3.97. The van der Waals surface area contributed by atoms with E-state index in [0.29, 0.717) is 27.7 Å². The average molecular weight is 489 g/mol. The number of hydrogen-bond donors (Lipinski definition) is 1. The Morgan fingerprint density at radius 3 is 2.46 bits per heavy atom. The molecule has 6 nitrogen and oxygen atoms in total. The highest BCUT2D eigenvalue weighted by Gasteiger charge is 2.36. The molecule has 0 aliphatic carbocycles. The number of aromatic nitrogens is 2. The van der Waals surface area contributed by atoms with Crippen molar-refractivity contribution >= 4 is 23.2 Å². The Balaban J connectivity index is 1.60. The first-order valence-electron chi connectivity index (χ1n) is 11.1. The third kappa shape index (κ3) is 4.55. The van der Waals surface area contributed by atoms with Crippen molar-refractivity contribution in [2.45, 2.75) is 26.4 Å². The fourth-order valence-electron chi connectivity index (χ4n) is 4.10. The average Bonchev–Trinajstić information content (AvgIpc) is 3.33. The number of amides is 2. The van der Waals surface area contributed by atoms with E-state index in [0.717, 1.165) is 16.7 Å². The number of halogens is 2. The zero-order chi connectivity index (χ0) is 24.5. The van der Waals surface area contributed by atoms with E-state index in [1.807, 2.05) is 50.2 Å². The predicted octanol–water partition coefficient (Wildman–Crippen LogP) is 6.54. The maximum Gasteiger partial charge on any atom is 0.322 e. The molecule has 0 radical (unpaired) electrons. The SMILES string of the molecule is CC1=C(c2nc(-c3ccc(Cl)cc3)no2)C(c2ccc(C)cc2)NC(=O)N1Cc1ccccc1F. The van der Waals surface area contributed by atoms with Gasteiger partial charge in [-0.2, -0.15) is 4.98 Å². The van der Waals surface area contributed by atoms with Gasteiger partial charge in [-0.05, 0) is 49.7 Å². The minimum absolute atomic E-state index is 0.0621. The van der Waals surface area contributed by atoms with Gasteiger partial charge in [-0.1, -0.05) is 64.8 Å². The molecule has 0 spiro atoms. The van der Waals surface area contributed by atoms with E-state index in [9.17, 15) is 9.18 Å². The summed E-state index contributed by atoms with van der Waals surface area (Å²) in [7, 11) is 0. The largest absolute Gasteiger partial charge is 0.334 e. The van der Waals surface area contributed by atoms with Crippen molar-refractivity contribution in [1.29, 1.82) is 0 Å². The molecule has 176 valence electrons. The van der Waals surface area contributed by atoms with Crippen LogP contribution < -0.4 is 5.32 Å². The summed E-state index contributed by atoms with van der Waals surface area (Å²) in [5, 5.41) is 7.80. The number of urea groups is 1. The topological polar surface area (TPSA) is 71.3 Å². The van der Waals surface area contributed by atoms with Gasteiger partial charge in [0.15, 0.2) is 0 Å². The first kappa shape index (κ1) is 22.8. The third-order valence-electron chi connectivity index (χ3n) is 6.05. The van der Waals surface area contributed by atoms with Gasteiger partial charge in [0, 0.05) is 21.8 Å². The Labute approximate surface area is 207 Å². The molecule has 1 atom stereocenters. The van der Waals surface area contributed by atoms with Crippen LogP contribution in [-0.2, 0) is 6.54 Å². The molecule has 0 bridgehead atoms. The van der Waals surface area contributed by atoms with Crippen molar-refractivity contribution < 1.29 is 13.7 Å². The summed E-state index contributed by atoms with van der Waals surface area (Å²) in [5.41, 5.74) is 4.38. The van der Waals surface area contributed by atoms with Crippen molar-refractivity contribution in [3.8, 4) is 11.4 Å². The Morgan fingerprint density at radius 2 is 1.74 bits per heavy atom. The summed E-state index contributed by atoms with van der Waals surface area (Å²) in [6.45, 7) is 3.87. The van der Waals surface area contributed by atoms with Crippen LogP contribution in [-0.4, -0.2) is 21.1 Å². The summed E-state index contributed by atoms with van der Waals surface area (Å²) < 4.78 is 20.1. The van der Waals surface area contributed by atoms with Gasteiger partial charge in [0.1, 0.15) is 5.82 Å². The molecule has 1 aromatic heterocycles. The van der Waals surface area contributed by atoms with Crippen molar-refractivity contribution in [3.63, 3.8) is 0 Å². The molecule has 3 aromatic carbocycles. The normalized spacial score (nSPS) is 15.9. The second-order valence-corrected chi connectivity index (χ2v) is 8.84. The summed E-state index contributed by atoms with van der Waals surface area (Å²) in [6, 6.07) is 20.5. The highest BCUT2D eigenvalue weighted by molar-refractivity contribution is 6.30. The van der Waals surface area contributed by atoms with Crippen LogP contribution in [0.3, 0.4) is 0 Å². The van der Waals surface area contributed by atoms with Gasteiger partial charge in [0.05, 0.1) is 18.2 Å². The highest BCUT2D eigenvalue weighted by Crippen LogP contribution is 2.38. The summed E-state index contributed by atoms with van der Waals surface area (Å²) in [4.78, 5) is 19.3. The van der Waals surface area contributed by atoms with E-state index < -0.39 is 6.04 Å². The first-order valence-corrected chi connectivity index (χ1v) is 11.5. The van der Waals surface area contributed by atoms with Crippen molar-refractivity contribution in [1.82, 2.24) is 20.4 Å². The van der Waals surface area contributed by atoms with Crippen LogP contribution in [0.2, 0.25) is 5.02 Å². The van der Waals surface area contributed by atoms with E-state index in [1.165, 1.54) is 11.0 Å². The van der Waals surface area contributed by atoms with Gasteiger partial charge in [0.2, 0.25) is 5.82 Å². The summed E-state index contributed by atoms with van der Waals surface area (Å²) in [5.74, 6) is 0.298. The minimum Gasteiger partial charge on any atom is -0.334 e. The lowest BCUT2D eigenvalue weighted by atomic mass is 9.94. The Morgan fingerprint density at radius 1 is 1.03 bits per heavy atom. The van der Waals surface area contributed by atoms with Crippen molar-refractivity contribution in [2.24, 2.45) is 0 Å². The lowest BCUT2D eigenvalue weighted by molar-refractivity contribution is 0.202. The summed E-state index contributed by atoms with van der Waals surface area (Å²) >= 11 is 6.01. The quantitative estimate of drug-likeness (QED) is 0.346. The Bertz CT molecular complexity index is 1410. The lowest BCUT2D eigenvalue weighted by Crippen LogP contribution is -2.45. The molecule has 2 amide bonds. The zero-order valence-corrected chi connectivity index (χ0v) is 19.9. The van der Waals surface area contributed by atoms with Gasteiger partial charge >= 0.3 is 6.03 Å². The molecule has 35 heavy (non-hydrogen) atoms. The Kier molecular flexibility index (Phi) is 6.09. The van der Waals surface area contributed by atoms with E-state index in [1.54, 1.807) is 30.3 Å². The number of rotatable bonds is 5. The van der Waals surface area contributed by atoms with E-state index in [4.69, 9.17) is 16.1 Å². The number of nitrogens with one attached hydrogen (secondary N) is 1.